The van der Waals surface area contributed by atoms with Gasteiger partial charge in [0, 0.05) is 13.0 Å². The van der Waals surface area contributed by atoms with Gasteiger partial charge in [-0.3, -0.25) is 9.59 Å². The summed E-state index contributed by atoms with van der Waals surface area (Å²) in [5.74, 6) is 0.541. The number of rotatable bonds is 10. The second-order valence-electron chi connectivity index (χ2n) is 5.92. The van der Waals surface area contributed by atoms with Gasteiger partial charge in [0.05, 0.1) is 19.1 Å². The van der Waals surface area contributed by atoms with Crippen LogP contribution in [0.5, 0.6) is 11.5 Å². The predicted molar refractivity (Wildman–Crippen MR) is 86.8 cm³/mol. The molecule has 128 valence electrons. The number of carboxylic acid groups (broad SMARTS) is 1. The zero-order valence-electron chi connectivity index (χ0n) is 13.9. The third kappa shape index (κ3) is 7.04. The maximum atomic E-state index is 11.7. The minimum absolute atomic E-state index is 0.0930. The van der Waals surface area contributed by atoms with Crippen LogP contribution in [0.1, 0.15) is 33.1 Å². The number of aliphatic carboxylic acids is 1. The summed E-state index contributed by atoms with van der Waals surface area (Å²) in [6.45, 7) is 4.09. The van der Waals surface area contributed by atoms with Gasteiger partial charge in [-0.1, -0.05) is 0 Å². The summed E-state index contributed by atoms with van der Waals surface area (Å²) in [5, 5.41) is 11.7. The maximum absolute atomic E-state index is 11.7. The van der Waals surface area contributed by atoms with Crippen molar-refractivity contribution in [2.45, 2.75) is 33.1 Å². The Hall–Kier alpha value is -2.24. The first kappa shape index (κ1) is 18.8. The van der Waals surface area contributed by atoms with E-state index in [9.17, 15) is 9.59 Å². The molecule has 0 heterocycles. The number of carboxylic acids is 1. The van der Waals surface area contributed by atoms with Crippen molar-refractivity contribution in [1.82, 2.24) is 5.32 Å². The Bertz CT molecular complexity index is 510. The molecule has 1 rings (SSSR count). The average Bonchev–Trinajstić information content (AvgIpc) is 2.52. The number of ether oxygens (including phenoxy) is 2. The lowest BCUT2D eigenvalue weighted by atomic mass is 9.90. The van der Waals surface area contributed by atoms with E-state index in [1.54, 1.807) is 21.0 Å². The van der Waals surface area contributed by atoms with E-state index >= 15 is 0 Å². The molecule has 6 heteroatoms. The van der Waals surface area contributed by atoms with Gasteiger partial charge in [-0.25, -0.2) is 0 Å². The fraction of sp³-hybridized carbons (Fsp3) is 0.529. The quantitative estimate of drug-likeness (QED) is 0.646. The summed E-state index contributed by atoms with van der Waals surface area (Å²) in [5.41, 5.74) is -0.829. The van der Waals surface area contributed by atoms with E-state index in [1.165, 1.54) is 0 Å². The third-order valence-corrected chi connectivity index (χ3v) is 3.53. The zero-order valence-corrected chi connectivity index (χ0v) is 13.9. The number of benzene rings is 1. The van der Waals surface area contributed by atoms with E-state index in [-0.39, 0.29) is 5.91 Å². The van der Waals surface area contributed by atoms with Gasteiger partial charge in [0.2, 0.25) is 5.91 Å². The standard InChI is InChI=1S/C17H25NO5/c1-17(2,16(20)21)10-11-18-15(19)5-4-12-23-14-8-6-13(22-3)7-9-14/h6-9H,4-5,10-12H2,1-3H3,(H,18,19)(H,20,21). The van der Waals surface area contributed by atoms with Crippen LogP contribution in [0.3, 0.4) is 0 Å². The van der Waals surface area contributed by atoms with Crippen LogP contribution in [0.2, 0.25) is 0 Å². The number of hydrogen-bond acceptors (Lipinski definition) is 4. The Labute approximate surface area is 136 Å². The first-order valence-electron chi connectivity index (χ1n) is 7.62. The molecule has 0 aromatic heterocycles. The van der Waals surface area contributed by atoms with Crippen LogP contribution in [0.15, 0.2) is 24.3 Å². The highest BCUT2D eigenvalue weighted by atomic mass is 16.5. The number of carbonyl (C=O) groups is 2. The summed E-state index contributed by atoms with van der Waals surface area (Å²) in [6.07, 6.45) is 1.35. The van der Waals surface area contributed by atoms with Gasteiger partial charge in [0.25, 0.3) is 0 Å². The third-order valence-electron chi connectivity index (χ3n) is 3.53. The lowest BCUT2D eigenvalue weighted by Crippen LogP contribution is -2.31. The summed E-state index contributed by atoms with van der Waals surface area (Å²) in [4.78, 5) is 22.6. The van der Waals surface area contributed by atoms with Gasteiger partial charge in [-0.2, -0.15) is 0 Å². The lowest BCUT2D eigenvalue weighted by molar-refractivity contribution is -0.147. The molecule has 2 N–H and O–H groups in total. The van der Waals surface area contributed by atoms with Crippen molar-refractivity contribution in [1.29, 1.82) is 0 Å². The fourth-order valence-electron chi connectivity index (χ4n) is 1.80. The van der Waals surface area contributed by atoms with E-state index in [2.05, 4.69) is 5.32 Å². The molecule has 0 saturated heterocycles. The fourth-order valence-corrected chi connectivity index (χ4v) is 1.80. The summed E-state index contributed by atoms with van der Waals surface area (Å²) < 4.78 is 10.6. The molecule has 0 fully saturated rings. The van der Waals surface area contributed by atoms with Crippen molar-refractivity contribution in [3.05, 3.63) is 24.3 Å². The van der Waals surface area contributed by atoms with Gasteiger partial charge in [0.15, 0.2) is 0 Å². The van der Waals surface area contributed by atoms with Gasteiger partial charge >= 0.3 is 5.97 Å². The van der Waals surface area contributed by atoms with Crippen molar-refractivity contribution in [3.8, 4) is 11.5 Å². The van der Waals surface area contributed by atoms with Crippen molar-refractivity contribution < 1.29 is 24.2 Å². The van der Waals surface area contributed by atoms with E-state index < -0.39 is 11.4 Å². The monoisotopic (exact) mass is 323 g/mol. The first-order valence-corrected chi connectivity index (χ1v) is 7.62. The van der Waals surface area contributed by atoms with Crippen molar-refractivity contribution in [2.75, 3.05) is 20.3 Å². The second-order valence-corrected chi connectivity index (χ2v) is 5.92. The van der Waals surface area contributed by atoms with Crippen LogP contribution < -0.4 is 14.8 Å². The normalized spacial score (nSPS) is 10.9. The van der Waals surface area contributed by atoms with E-state index in [0.29, 0.717) is 32.4 Å². The van der Waals surface area contributed by atoms with Crippen LogP contribution in [-0.2, 0) is 9.59 Å². The molecule has 23 heavy (non-hydrogen) atoms. The van der Waals surface area contributed by atoms with E-state index in [4.69, 9.17) is 14.6 Å². The van der Waals surface area contributed by atoms with Crippen molar-refractivity contribution in [2.24, 2.45) is 5.41 Å². The van der Waals surface area contributed by atoms with E-state index in [1.807, 2.05) is 24.3 Å². The Morgan fingerprint density at radius 3 is 2.35 bits per heavy atom. The van der Waals surface area contributed by atoms with Crippen molar-refractivity contribution in [3.63, 3.8) is 0 Å². The average molecular weight is 323 g/mol. The van der Waals surface area contributed by atoms with Crippen LogP contribution in [0.25, 0.3) is 0 Å². The summed E-state index contributed by atoms with van der Waals surface area (Å²) in [6, 6.07) is 7.25. The van der Waals surface area contributed by atoms with E-state index in [0.717, 1.165) is 11.5 Å². The van der Waals surface area contributed by atoms with Crippen LogP contribution in [0, 0.1) is 5.41 Å². The second kappa shape index (κ2) is 9.02. The molecule has 0 aliphatic heterocycles. The maximum Gasteiger partial charge on any atom is 0.309 e. The lowest BCUT2D eigenvalue weighted by Gasteiger charge is -2.18. The molecule has 0 saturated carbocycles. The van der Waals surface area contributed by atoms with Gasteiger partial charge in [0.1, 0.15) is 11.5 Å². The summed E-state index contributed by atoms with van der Waals surface area (Å²) in [7, 11) is 1.60. The topological polar surface area (TPSA) is 84.9 Å². The number of hydrogen-bond donors (Lipinski definition) is 2. The smallest absolute Gasteiger partial charge is 0.309 e. The minimum atomic E-state index is -0.861. The largest absolute Gasteiger partial charge is 0.497 e. The highest BCUT2D eigenvalue weighted by Crippen LogP contribution is 2.19. The number of amides is 1. The van der Waals surface area contributed by atoms with Crippen LogP contribution >= 0.6 is 0 Å². The minimum Gasteiger partial charge on any atom is -0.497 e. The Morgan fingerprint density at radius 1 is 1.17 bits per heavy atom. The molecule has 1 amide bonds. The zero-order chi connectivity index (χ0) is 17.3. The number of carbonyl (C=O) groups excluding carboxylic acids is 1. The summed E-state index contributed by atoms with van der Waals surface area (Å²) >= 11 is 0. The molecule has 6 nitrogen and oxygen atoms in total. The van der Waals surface area contributed by atoms with Gasteiger partial charge < -0.3 is 19.9 Å². The first-order chi connectivity index (χ1) is 10.8. The molecule has 0 radical (unpaired) electrons. The van der Waals surface area contributed by atoms with Crippen LogP contribution in [0.4, 0.5) is 0 Å². The molecule has 0 bridgehead atoms. The Morgan fingerprint density at radius 2 is 1.78 bits per heavy atom. The predicted octanol–water partition coefficient (Wildman–Crippen LogP) is 2.47. The highest BCUT2D eigenvalue weighted by molar-refractivity contribution is 5.76. The molecule has 0 unspecified atom stereocenters. The number of nitrogens with one attached hydrogen (secondary N) is 1. The Kier molecular flexibility index (Phi) is 7.38. The molecular formula is C17H25NO5. The highest BCUT2D eigenvalue weighted by Gasteiger charge is 2.26. The number of methoxy groups -OCH3 is 1. The molecule has 0 atom stereocenters. The van der Waals surface area contributed by atoms with Gasteiger partial charge in [-0.15, -0.1) is 0 Å². The molecule has 1 aromatic rings. The molecule has 0 spiro atoms. The SMILES string of the molecule is COc1ccc(OCCCC(=O)NCCC(C)(C)C(=O)O)cc1. The molecule has 0 aliphatic carbocycles. The molecular weight excluding hydrogens is 298 g/mol. The molecule has 0 aliphatic rings. The van der Waals surface area contributed by atoms with Crippen molar-refractivity contribution >= 4 is 11.9 Å². The van der Waals surface area contributed by atoms with Gasteiger partial charge in [-0.05, 0) is 51.0 Å². The van der Waals surface area contributed by atoms with Crippen LogP contribution in [-0.4, -0.2) is 37.2 Å². The molecule has 1 aromatic carbocycles. The Balaban J connectivity index is 2.15.